The Balaban J connectivity index is 1.61. The fourth-order valence-corrected chi connectivity index (χ4v) is 2.60. The number of rotatable bonds is 7. The van der Waals surface area contributed by atoms with Crippen LogP contribution in [0, 0.1) is 6.92 Å². The second kappa shape index (κ2) is 8.89. The molecule has 5 nitrogen and oxygen atoms in total. The maximum atomic E-state index is 12.1. The Hall–Kier alpha value is -1.59. The third-order valence-corrected chi connectivity index (χ3v) is 4.25. The summed E-state index contributed by atoms with van der Waals surface area (Å²) >= 11 is 0. The lowest BCUT2D eigenvalue weighted by molar-refractivity contribution is -0.127. The van der Waals surface area contributed by atoms with Crippen molar-refractivity contribution in [2.24, 2.45) is 0 Å². The number of hydrogen-bond donors (Lipinski definition) is 1. The van der Waals surface area contributed by atoms with Crippen molar-refractivity contribution in [3.63, 3.8) is 0 Å². The largest absolute Gasteiger partial charge is 0.481 e. The van der Waals surface area contributed by atoms with E-state index in [1.807, 2.05) is 31.2 Å². The summed E-state index contributed by atoms with van der Waals surface area (Å²) in [4.78, 5) is 16.9. The molecule has 2 rings (SSSR count). The predicted molar refractivity (Wildman–Crippen MR) is 92.8 cm³/mol. The number of nitrogens with zero attached hydrogens (tertiary/aromatic N) is 2. The van der Waals surface area contributed by atoms with Crippen molar-refractivity contribution in [2.75, 3.05) is 46.3 Å². The Morgan fingerprint density at radius 1 is 1.22 bits per heavy atom. The number of aryl methyl sites for hydroxylation is 1. The van der Waals surface area contributed by atoms with Gasteiger partial charge in [-0.25, -0.2) is 0 Å². The quantitative estimate of drug-likeness (QED) is 0.774. The summed E-state index contributed by atoms with van der Waals surface area (Å²) in [6, 6.07) is 7.75. The molecular formula is C18H29N3O2. The van der Waals surface area contributed by atoms with Crippen molar-refractivity contribution < 1.29 is 9.53 Å². The number of benzene rings is 1. The van der Waals surface area contributed by atoms with Gasteiger partial charge >= 0.3 is 0 Å². The number of carbonyl (C=O) groups excluding carboxylic acids is 1. The highest BCUT2D eigenvalue weighted by atomic mass is 16.5. The third kappa shape index (κ3) is 6.20. The van der Waals surface area contributed by atoms with Crippen molar-refractivity contribution in [1.82, 2.24) is 15.1 Å². The van der Waals surface area contributed by atoms with Crippen LogP contribution in [0.1, 0.15) is 18.9 Å². The number of hydrogen-bond acceptors (Lipinski definition) is 4. The topological polar surface area (TPSA) is 44.8 Å². The van der Waals surface area contributed by atoms with E-state index in [2.05, 4.69) is 22.2 Å². The van der Waals surface area contributed by atoms with Gasteiger partial charge in [0, 0.05) is 32.7 Å². The highest BCUT2D eigenvalue weighted by Crippen LogP contribution is 2.13. The standard InChI is InChI=1S/C18H29N3O2/c1-15-5-7-17(8-6-15)23-16(2)18(22)19-9-4-10-21-13-11-20(3)12-14-21/h5-8,16H,4,9-14H2,1-3H3,(H,19,22)/t16-/m0/s1. The summed E-state index contributed by atoms with van der Waals surface area (Å²) in [6.45, 7) is 10.1. The average Bonchev–Trinajstić information content (AvgIpc) is 2.55. The Labute approximate surface area is 139 Å². The number of piperazine rings is 1. The Morgan fingerprint density at radius 3 is 2.52 bits per heavy atom. The molecule has 1 aliphatic rings. The molecule has 0 bridgehead atoms. The minimum atomic E-state index is -0.471. The Kier molecular flexibility index (Phi) is 6.86. The zero-order valence-corrected chi connectivity index (χ0v) is 14.5. The molecule has 1 amide bonds. The van der Waals surface area contributed by atoms with Crippen molar-refractivity contribution in [1.29, 1.82) is 0 Å². The molecule has 1 N–H and O–H groups in total. The molecule has 1 atom stereocenters. The first kappa shape index (κ1) is 17.8. The van der Waals surface area contributed by atoms with E-state index in [9.17, 15) is 4.79 Å². The van der Waals surface area contributed by atoms with E-state index in [-0.39, 0.29) is 5.91 Å². The van der Waals surface area contributed by atoms with Crippen LogP contribution >= 0.6 is 0 Å². The van der Waals surface area contributed by atoms with Crippen molar-refractivity contribution in [2.45, 2.75) is 26.4 Å². The molecule has 0 aliphatic carbocycles. The Morgan fingerprint density at radius 2 is 1.87 bits per heavy atom. The molecule has 1 aliphatic heterocycles. The molecular weight excluding hydrogens is 290 g/mol. The molecule has 1 aromatic rings. The first-order valence-corrected chi connectivity index (χ1v) is 8.46. The van der Waals surface area contributed by atoms with Gasteiger partial charge in [-0.15, -0.1) is 0 Å². The lowest BCUT2D eigenvalue weighted by Gasteiger charge is -2.32. The van der Waals surface area contributed by atoms with Crippen LogP contribution in [0.15, 0.2) is 24.3 Å². The number of likely N-dealkylation sites (N-methyl/N-ethyl adjacent to an activating group) is 1. The smallest absolute Gasteiger partial charge is 0.260 e. The molecule has 23 heavy (non-hydrogen) atoms. The minimum Gasteiger partial charge on any atom is -0.481 e. The van der Waals surface area contributed by atoms with Gasteiger partial charge in [-0.3, -0.25) is 4.79 Å². The number of ether oxygens (including phenoxy) is 1. The lowest BCUT2D eigenvalue weighted by atomic mass is 10.2. The van der Waals surface area contributed by atoms with Crippen LogP contribution in [-0.2, 0) is 4.79 Å². The molecule has 1 heterocycles. The molecule has 0 unspecified atom stereocenters. The predicted octanol–water partition coefficient (Wildman–Crippen LogP) is 1.52. The Bertz CT molecular complexity index is 482. The van der Waals surface area contributed by atoms with Crippen LogP contribution in [0.25, 0.3) is 0 Å². The third-order valence-electron chi connectivity index (χ3n) is 4.25. The van der Waals surface area contributed by atoms with Gasteiger partial charge < -0.3 is 19.9 Å². The molecule has 1 saturated heterocycles. The monoisotopic (exact) mass is 319 g/mol. The van der Waals surface area contributed by atoms with Gasteiger partial charge in [-0.2, -0.15) is 0 Å². The molecule has 0 saturated carbocycles. The van der Waals surface area contributed by atoms with E-state index in [0.717, 1.165) is 44.9 Å². The van der Waals surface area contributed by atoms with Crippen LogP contribution in [0.3, 0.4) is 0 Å². The summed E-state index contributed by atoms with van der Waals surface area (Å²) < 4.78 is 5.66. The first-order chi connectivity index (χ1) is 11.0. The number of nitrogens with one attached hydrogen (secondary N) is 1. The highest BCUT2D eigenvalue weighted by Gasteiger charge is 2.15. The zero-order valence-electron chi connectivity index (χ0n) is 14.5. The lowest BCUT2D eigenvalue weighted by Crippen LogP contribution is -2.45. The summed E-state index contributed by atoms with van der Waals surface area (Å²) in [7, 11) is 2.16. The number of carbonyl (C=O) groups is 1. The van der Waals surface area contributed by atoms with Gasteiger partial charge in [0.25, 0.3) is 5.91 Å². The molecule has 0 radical (unpaired) electrons. The van der Waals surface area contributed by atoms with Gasteiger partial charge in [0.05, 0.1) is 0 Å². The van der Waals surface area contributed by atoms with E-state index >= 15 is 0 Å². The van der Waals surface area contributed by atoms with Crippen LogP contribution < -0.4 is 10.1 Å². The van der Waals surface area contributed by atoms with E-state index in [1.165, 1.54) is 5.56 Å². The number of amides is 1. The summed E-state index contributed by atoms with van der Waals surface area (Å²) in [5.41, 5.74) is 1.18. The van der Waals surface area contributed by atoms with Crippen molar-refractivity contribution in [3.8, 4) is 5.75 Å². The molecule has 1 fully saturated rings. The van der Waals surface area contributed by atoms with E-state index in [0.29, 0.717) is 6.54 Å². The van der Waals surface area contributed by atoms with Gasteiger partial charge in [0.2, 0.25) is 0 Å². The molecule has 0 spiro atoms. The summed E-state index contributed by atoms with van der Waals surface area (Å²) in [6.07, 6.45) is 0.508. The zero-order chi connectivity index (χ0) is 16.7. The van der Waals surface area contributed by atoms with Gasteiger partial charge in [-0.05, 0) is 46.0 Å². The second-order valence-corrected chi connectivity index (χ2v) is 6.36. The molecule has 5 heteroatoms. The van der Waals surface area contributed by atoms with Gasteiger partial charge in [-0.1, -0.05) is 17.7 Å². The highest BCUT2D eigenvalue weighted by molar-refractivity contribution is 5.80. The summed E-state index contributed by atoms with van der Waals surface area (Å²) in [5, 5.41) is 2.96. The van der Waals surface area contributed by atoms with E-state index in [1.54, 1.807) is 6.92 Å². The van der Waals surface area contributed by atoms with Crippen LogP contribution in [-0.4, -0.2) is 68.1 Å². The van der Waals surface area contributed by atoms with E-state index in [4.69, 9.17) is 4.74 Å². The van der Waals surface area contributed by atoms with Crippen LogP contribution in [0.2, 0.25) is 0 Å². The van der Waals surface area contributed by atoms with Crippen molar-refractivity contribution in [3.05, 3.63) is 29.8 Å². The van der Waals surface area contributed by atoms with Gasteiger partial charge in [0.15, 0.2) is 6.10 Å². The van der Waals surface area contributed by atoms with Crippen LogP contribution in [0.5, 0.6) is 5.75 Å². The fraction of sp³-hybridized carbons (Fsp3) is 0.611. The SMILES string of the molecule is Cc1ccc(O[C@@H](C)C(=O)NCCCN2CCN(C)CC2)cc1. The van der Waals surface area contributed by atoms with E-state index < -0.39 is 6.10 Å². The maximum absolute atomic E-state index is 12.1. The minimum absolute atomic E-state index is 0.0519. The first-order valence-electron chi connectivity index (χ1n) is 8.46. The van der Waals surface area contributed by atoms with Crippen molar-refractivity contribution >= 4 is 5.91 Å². The normalized spacial score (nSPS) is 17.7. The summed E-state index contributed by atoms with van der Waals surface area (Å²) in [5.74, 6) is 0.680. The second-order valence-electron chi connectivity index (χ2n) is 6.36. The molecule has 128 valence electrons. The molecule has 1 aromatic carbocycles. The maximum Gasteiger partial charge on any atom is 0.260 e. The van der Waals surface area contributed by atoms with Crippen LogP contribution in [0.4, 0.5) is 0 Å². The van der Waals surface area contributed by atoms with Gasteiger partial charge in [0.1, 0.15) is 5.75 Å². The average molecular weight is 319 g/mol. The molecule has 0 aromatic heterocycles. The fourth-order valence-electron chi connectivity index (χ4n) is 2.60.